The van der Waals surface area contributed by atoms with Gasteiger partial charge in [-0.05, 0) is 25.3 Å². The van der Waals surface area contributed by atoms with Crippen LogP contribution in [0.3, 0.4) is 0 Å². The van der Waals surface area contributed by atoms with Gasteiger partial charge >= 0.3 is 12.1 Å². The molecule has 3 saturated heterocycles. The van der Waals surface area contributed by atoms with Crippen LogP contribution in [0, 0.1) is 5.92 Å². The Kier molecular flexibility index (Phi) is 2.75. The van der Waals surface area contributed by atoms with Crippen molar-refractivity contribution in [1.82, 2.24) is 4.90 Å². The van der Waals surface area contributed by atoms with Crippen LogP contribution in [0.1, 0.15) is 31.2 Å². The molecule has 7 rings (SSSR count). The van der Waals surface area contributed by atoms with E-state index in [1.165, 1.54) is 7.11 Å². The Hall–Kier alpha value is -2.83. The van der Waals surface area contributed by atoms with Gasteiger partial charge in [-0.3, -0.25) is 14.5 Å². The highest BCUT2D eigenvalue weighted by Gasteiger charge is 2.78. The van der Waals surface area contributed by atoms with Gasteiger partial charge in [-0.2, -0.15) is 0 Å². The zero-order valence-corrected chi connectivity index (χ0v) is 15.5. The minimum absolute atomic E-state index is 0.00578. The van der Waals surface area contributed by atoms with Gasteiger partial charge in [-0.25, -0.2) is 4.79 Å². The van der Waals surface area contributed by atoms with Gasteiger partial charge in [0.25, 0.3) is 0 Å². The predicted molar refractivity (Wildman–Crippen MR) is 97.4 cm³/mol. The van der Waals surface area contributed by atoms with E-state index in [1.54, 1.807) is 11.0 Å². The lowest BCUT2D eigenvalue weighted by Gasteiger charge is -2.55. The van der Waals surface area contributed by atoms with E-state index in [1.807, 2.05) is 35.2 Å². The number of amides is 2. The van der Waals surface area contributed by atoms with E-state index in [9.17, 15) is 14.4 Å². The second kappa shape index (κ2) is 4.77. The lowest BCUT2D eigenvalue weighted by Crippen LogP contribution is -2.69. The van der Waals surface area contributed by atoms with Gasteiger partial charge in [0.15, 0.2) is 5.60 Å². The molecule has 28 heavy (non-hydrogen) atoms. The van der Waals surface area contributed by atoms with Crippen molar-refractivity contribution >= 4 is 23.7 Å². The van der Waals surface area contributed by atoms with Crippen LogP contribution in [-0.4, -0.2) is 47.6 Å². The van der Waals surface area contributed by atoms with E-state index in [-0.39, 0.29) is 11.9 Å². The fourth-order valence-corrected chi connectivity index (χ4v) is 6.64. The van der Waals surface area contributed by atoms with Crippen LogP contribution in [-0.2, 0) is 24.7 Å². The highest BCUT2D eigenvalue weighted by molar-refractivity contribution is 5.99. The molecule has 1 saturated carbocycles. The van der Waals surface area contributed by atoms with E-state index >= 15 is 0 Å². The molecule has 7 nitrogen and oxygen atoms in total. The molecule has 2 amide bonds. The number of methoxy groups -OCH3 is 1. The molecule has 1 aromatic carbocycles. The summed E-state index contributed by atoms with van der Waals surface area (Å²) in [5, 5.41) is 0. The third kappa shape index (κ3) is 1.46. The number of carbonyl (C=O) groups is 3. The van der Waals surface area contributed by atoms with Crippen LogP contribution in [0.5, 0.6) is 0 Å². The summed E-state index contributed by atoms with van der Waals surface area (Å²) in [5.41, 5.74) is -0.636. The number of anilines is 1. The van der Waals surface area contributed by atoms with E-state index in [0.29, 0.717) is 32.2 Å². The zero-order chi connectivity index (χ0) is 19.3. The Labute approximate surface area is 161 Å². The summed E-state index contributed by atoms with van der Waals surface area (Å²) in [4.78, 5) is 42.3. The van der Waals surface area contributed by atoms with Gasteiger partial charge in [-0.15, -0.1) is 0 Å². The maximum absolute atomic E-state index is 13.2. The molecule has 144 valence electrons. The highest BCUT2D eigenvalue weighted by Crippen LogP contribution is 2.68. The smallest absolute Gasteiger partial charge is 0.414 e. The topological polar surface area (TPSA) is 76.2 Å². The molecule has 4 bridgehead atoms. The quantitative estimate of drug-likeness (QED) is 0.645. The Bertz CT molecular complexity index is 989. The first-order chi connectivity index (χ1) is 13.5. The molecule has 5 aliphatic heterocycles. The third-order valence-corrected chi connectivity index (χ3v) is 7.70. The van der Waals surface area contributed by atoms with Crippen LogP contribution in [0.2, 0.25) is 0 Å². The molecule has 6 aliphatic rings. The largest absolute Gasteiger partial charge is 0.452 e. The maximum atomic E-state index is 13.2. The average molecular weight is 380 g/mol. The zero-order valence-electron chi connectivity index (χ0n) is 15.5. The molecular weight excluding hydrogens is 360 g/mol. The van der Waals surface area contributed by atoms with Crippen molar-refractivity contribution in [3.05, 3.63) is 42.0 Å². The number of hydrogen-bond donors (Lipinski definition) is 0. The molecule has 1 aliphatic carbocycles. The number of hydrogen-bond acceptors (Lipinski definition) is 5. The van der Waals surface area contributed by atoms with Gasteiger partial charge in [-0.1, -0.05) is 24.3 Å². The second-order valence-corrected chi connectivity index (χ2v) is 8.43. The molecule has 4 fully saturated rings. The summed E-state index contributed by atoms with van der Waals surface area (Å²) in [6, 6.07) is 7.60. The molecule has 0 radical (unpaired) electrons. The number of esters is 1. The summed E-state index contributed by atoms with van der Waals surface area (Å²) in [6.45, 7) is 0.483. The third-order valence-electron chi connectivity index (χ3n) is 7.70. The Morgan fingerprint density at radius 1 is 1.21 bits per heavy atom. The Balaban J connectivity index is 1.64. The van der Waals surface area contributed by atoms with Crippen molar-refractivity contribution < 1.29 is 23.9 Å². The van der Waals surface area contributed by atoms with Gasteiger partial charge in [0.1, 0.15) is 5.54 Å². The van der Waals surface area contributed by atoms with E-state index in [4.69, 9.17) is 9.47 Å². The Morgan fingerprint density at radius 2 is 2.04 bits per heavy atom. The second-order valence-electron chi connectivity index (χ2n) is 8.43. The minimum atomic E-state index is -0.949. The number of carbonyl (C=O) groups excluding carboxylic acids is 3. The first-order valence-electron chi connectivity index (χ1n) is 9.71. The van der Waals surface area contributed by atoms with Gasteiger partial charge in [0, 0.05) is 24.6 Å². The Morgan fingerprint density at radius 3 is 2.86 bits per heavy atom. The van der Waals surface area contributed by atoms with Crippen molar-refractivity contribution in [3.8, 4) is 0 Å². The molecule has 1 unspecified atom stereocenters. The SMILES string of the molecule is COC(=O)N1c2ccccc2[C@]23CCN4C(=O)C=C[C@]45CC[C@]12C(C5)C(=O)O3. The number of benzene rings is 1. The van der Waals surface area contributed by atoms with Crippen LogP contribution in [0.15, 0.2) is 36.4 Å². The van der Waals surface area contributed by atoms with E-state index in [0.717, 1.165) is 11.3 Å². The average Bonchev–Trinajstić information content (AvgIpc) is 3.21. The van der Waals surface area contributed by atoms with E-state index in [2.05, 4.69) is 0 Å². The van der Waals surface area contributed by atoms with Crippen molar-refractivity contribution in [3.63, 3.8) is 0 Å². The van der Waals surface area contributed by atoms with Crippen LogP contribution in [0.4, 0.5) is 10.5 Å². The van der Waals surface area contributed by atoms with Gasteiger partial charge < -0.3 is 14.4 Å². The van der Waals surface area contributed by atoms with Crippen molar-refractivity contribution in [2.24, 2.45) is 5.92 Å². The molecule has 0 aromatic heterocycles. The highest BCUT2D eigenvalue weighted by atomic mass is 16.6. The fraction of sp³-hybridized carbons (Fsp3) is 0.476. The summed E-state index contributed by atoms with van der Waals surface area (Å²) in [7, 11) is 1.37. The van der Waals surface area contributed by atoms with Crippen molar-refractivity contribution in [2.45, 2.75) is 42.4 Å². The summed E-state index contributed by atoms with van der Waals surface area (Å²) in [5.74, 6) is -0.795. The lowest BCUT2D eigenvalue weighted by molar-refractivity contribution is -0.152. The fourth-order valence-electron chi connectivity index (χ4n) is 6.64. The molecule has 5 heterocycles. The molecule has 1 aromatic rings. The molecule has 4 atom stereocenters. The van der Waals surface area contributed by atoms with E-state index < -0.39 is 28.7 Å². The van der Waals surface area contributed by atoms with Crippen LogP contribution < -0.4 is 4.90 Å². The number of rotatable bonds is 0. The van der Waals surface area contributed by atoms with Crippen LogP contribution in [0.25, 0.3) is 0 Å². The van der Waals surface area contributed by atoms with Gasteiger partial charge in [0.2, 0.25) is 5.91 Å². The van der Waals surface area contributed by atoms with Crippen molar-refractivity contribution in [2.75, 3.05) is 18.6 Å². The summed E-state index contributed by atoms with van der Waals surface area (Å²) >= 11 is 0. The van der Waals surface area contributed by atoms with Crippen molar-refractivity contribution in [1.29, 1.82) is 0 Å². The molecule has 7 heteroatoms. The first kappa shape index (κ1) is 16.2. The normalized spacial score (nSPS) is 39.2. The summed E-state index contributed by atoms with van der Waals surface area (Å²) in [6.07, 6.45) is 5.30. The number of ether oxygens (including phenoxy) is 2. The first-order valence-corrected chi connectivity index (χ1v) is 9.71. The number of para-hydroxylation sites is 1. The molecule has 0 N–H and O–H groups in total. The standard InChI is InChI=1S/C21H20N2O5/c1-27-18(26)23-15-5-3-2-4-13(15)21-10-11-22-16(24)6-7-19(22)8-9-20(21,23)14(12-19)17(25)28-21/h2-7,14H,8-12H2,1H3/t14?,19-,20-,21-/m1/s1. The summed E-state index contributed by atoms with van der Waals surface area (Å²) < 4.78 is 11.3. The van der Waals surface area contributed by atoms with Crippen LogP contribution >= 0.6 is 0 Å². The number of fused-ring (bicyclic) bond motifs is 3. The molecular formula is C21H20N2O5. The minimum Gasteiger partial charge on any atom is -0.452 e. The number of nitrogens with zero attached hydrogens (tertiary/aromatic N) is 2. The molecule has 2 spiro atoms. The maximum Gasteiger partial charge on any atom is 0.414 e. The predicted octanol–water partition coefficient (Wildman–Crippen LogP) is 2.10. The lowest BCUT2D eigenvalue weighted by atomic mass is 9.58. The monoisotopic (exact) mass is 380 g/mol. The van der Waals surface area contributed by atoms with Gasteiger partial charge in [0.05, 0.1) is 24.3 Å².